The monoisotopic (exact) mass is 455 g/mol. The van der Waals surface area contributed by atoms with Gasteiger partial charge < -0.3 is 11.1 Å². The maximum atomic E-state index is 12.9. The first-order chi connectivity index (χ1) is 15.7. The van der Waals surface area contributed by atoms with Gasteiger partial charge in [0.1, 0.15) is 0 Å². The highest BCUT2D eigenvalue weighted by Crippen LogP contribution is 2.36. The minimum Gasteiger partial charge on any atom is -0.370 e. The van der Waals surface area contributed by atoms with Gasteiger partial charge in [-0.1, -0.05) is 36.4 Å². The third-order valence-corrected chi connectivity index (χ3v) is 4.84. The molecule has 0 fully saturated rings. The van der Waals surface area contributed by atoms with Gasteiger partial charge in [0.05, 0.1) is 11.3 Å². The number of para-hydroxylation sites is 1. The third kappa shape index (κ3) is 5.76. The summed E-state index contributed by atoms with van der Waals surface area (Å²) in [6, 6.07) is 17.7. The summed E-state index contributed by atoms with van der Waals surface area (Å²) in [4.78, 5) is 36.5. The number of halogens is 3. The standard InChI is InChI=1S/C24H20F3N3O3/c25-24(26,27)18-10-8-16(9-11-18)20-6-1-2-7-21(20)30(15-31)19-5-3-4-17(14-19)23(33)29-13-12-22(28)32/h1-11,14-15H,12-13H2,(H2,28,32)(H,29,33). The van der Waals surface area contributed by atoms with Crippen molar-refractivity contribution in [3.8, 4) is 11.1 Å². The number of benzene rings is 3. The number of hydrogen-bond acceptors (Lipinski definition) is 3. The van der Waals surface area contributed by atoms with E-state index in [0.29, 0.717) is 28.9 Å². The van der Waals surface area contributed by atoms with Crippen molar-refractivity contribution in [2.24, 2.45) is 5.73 Å². The Morgan fingerprint density at radius 1 is 0.970 bits per heavy atom. The summed E-state index contributed by atoms with van der Waals surface area (Å²) in [5.41, 5.74) is 6.39. The first kappa shape index (κ1) is 23.5. The molecule has 3 aromatic rings. The van der Waals surface area contributed by atoms with Crippen molar-refractivity contribution in [1.82, 2.24) is 5.32 Å². The molecule has 0 bridgehead atoms. The predicted molar refractivity (Wildman–Crippen MR) is 118 cm³/mol. The predicted octanol–water partition coefficient (Wildman–Crippen LogP) is 4.27. The summed E-state index contributed by atoms with van der Waals surface area (Å²) in [5, 5.41) is 2.57. The minimum absolute atomic E-state index is 0.00754. The number of anilines is 2. The Kier molecular flexibility index (Phi) is 7.12. The van der Waals surface area contributed by atoms with Crippen LogP contribution in [0.3, 0.4) is 0 Å². The van der Waals surface area contributed by atoms with Crippen LogP contribution in [0.25, 0.3) is 11.1 Å². The van der Waals surface area contributed by atoms with Crippen molar-refractivity contribution in [2.45, 2.75) is 12.6 Å². The summed E-state index contributed by atoms with van der Waals surface area (Å²) >= 11 is 0. The van der Waals surface area contributed by atoms with Crippen molar-refractivity contribution in [3.63, 3.8) is 0 Å². The van der Waals surface area contributed by atoms with E-state index >= 15 is 0 Å². The molecule has 9 heteroatoms. The van der Waals surface area contributed by atoms with Gasteiger partial charge in [0.25, 0.3) is 5.91 Å². The van der Waals surface area contributed by atoms with E-state index in [-0.39, 0.29) is 18.5 Å². The first-order valence-electron chi connectivity index (χ1n) is 9.88. The molecule has 0 aromatic heterocycles. The first-order valence-corrected chi connectivity index (χ1v) is 9.88. The number of nitrogens with one attached hydrogen (secondary N) is 1. The lowest BCUT2D eigenvalue weighted by atomic mass is 10.0. The van der Waals surface area contributed by atoms with Crippen LogP contribution in [0.2, 0.25) is 0 Å². The average molecular weight is 455 g/mol. The van der Waals surface area contributed by atoms with Gasteiger partial charge in [-0.2, -0.15) is 13.2 Å². The number of carbonyl (C=O) groups excluding carboxylic acids is 3. The van der Waals surface area contributed by atoms with E-state index < -0.39 is 23.6 Å². The fraction of sp³-hybridized carbons (Fsp3) is 0.125. The lowest BCUT2D eigenvalue weighted by molar-refractivity contribution is -0.137. The Morgan fingerprint density at radius 2 is 1.67 bits per heavy atom. The number of nitrogens with zero attached hydrogens (tertiary/aromatic N) is 1. The summed E-state index contributed by atoms with van der Waals surface area (Å²) < 4.78 is 38.7. The maximum absolute atomic E-state index is 12.9. The molecule has 0 heterocycles. The zero-order valence-electron chi connectivity index (χ0n) is 17.3. The molecule has 0 saturated carbocycles. The van der Waals surface area contributed by atoms with Crippen molar-refractivity contribution >= 4 is 29.6 Å². The van der Waals surface area contributed by atoms with Gasteiger partial charge in [-0.3, -0.25) is 19.3 Å². The number of primary amides is 1. The molecule has 0 saturated heterocycles. The Bertz CT molecular complexity index is 1160. The molecule has 6 nitrogen and oxygen atoms in total. The highest BCUT2D eigenvalue weighted by Gasteiger charge is 2.30. The Labute approximate surface area is 187 Å². The van der Waals surface area contributed by atoms with Gasteiger partial charge in [0, 0.05) is 29.8 Å². The quantitative estimate of drug-likeness (QED) is 0.497. The van der Waals surface area contributed by atoms with Gasteiger partial charge in [-0.25, -0.2) is 0 Å². The molecular formula is C24H20F3N3O3. The van der Waals surface area contributed by atoms with Gasteiger partial charge >= 0.3 is 6.18 Å². The molecule has 0 aliphatic carbocycles. The van der Waals surface area contributed by atoms with Crippen LogP contribution in [0.4, 0.5) is 24.5 Å². The van der Waals surface area contributed by atoms with E-state index in [2.05, 4.69) is 5.32 Å². The maximum Gasteiger partial charge on any atom is 0.416 e. The summed E-state index contributed by atoms with van der Waals surface area (Å²) in [7, 11) is 0. The van der Waals surface area contributed by atoms with Crippen LogP contribution in [0.1, 0.15) is 22.3 Å². The number of carbonyl (C=O) groups is 3. The van der Waals surface area contributed by atoms with E-state index in [9.17, 15) is 27.6 Å². The van der Waals surface area contributed by atoms with E-state index in [1.807, 2.05) is 0 Å². The molecule has 0 radical (unpaired) electrons. The van der Waals surface area contributed by atoms with Crippen LogP contribution in [-0.2, 0) is 15.8 Å². The molecule has 3 amide bonds. The van der Waals surface area contributed by atoms with E-state index in [1.165, 1.54) is 23.1 Å². The SMILES string of the molecule is NC(=O)CCNC(=O)c1cccc(N(C=O)c2ccccc2-c2ccc(C(F)(F)F)cc2)c1. The zero-order chi connectivity index (χ0) is 24.0. The largest absolute Gasteiger partial charge is 0.416 e. The lowest BCUT2D eigenvalue weighted by Crippen LogP contribution is -2.28. The molecule has 3 aromatic carbocycles. The van der Waals surface area contributed by atoms with E-state index in [4.69, 9.17) is 5.73 Å². The van der Waals surface area contributed by atoms with Gasteiger partial charge in [-0.05, 0) is 42.0 Å². The summed E-state index contributed by atoms with van der Waals surface area (Å²) in [5.74, 6) is -0.990. The smallest absolute Gasteiger partial charge is 0.370 e. The molecule has 0 spiro atoms. The topological polar surface area (TPSA) is 92.5 Å². The molecule has 0 aliphatic heterocycles. The Balaban J connectivity index is 1.93. The second kappa shape index (κ2) is 9.99. The Hall–Kier alpha value is -4.14. The number of rotatable bonds is 8. The minimum atomic E-state index is -4.45. The fourth-order valence-electron chi connectivity index (χ4n) is 3.22. The molecule has 0 atom stereocenters. The van der Waals surface area contributed by atoms with Crippen molar-refractivity contribution in [2.75, 3.05) is 11.4 Å². The van der Waals surface area contributed by atoms with E-state index in [0.717, 1.165) is 12.1 Å². The van der Waals surface area contributed by atoms with Gasteiger partial charge in [-0.15, -0.1) is 0 Å². The molecule has 170 valence electrons. The average Bonchev–Trinajstić information content (AvgIpc) is 2.79. The summed E-state index contributed by atoms with van der Waals surface area (Å²) in [6.07, 6.45) is -3.90. The van der Waals surface area contributed by atoms with Gasteiger partial charge in [0.15, 0.2) is 0 Å². The molecule has 3 rings (SSSR count). The molecular weight excluding hydrogens is 435 g/mol. The molecule has 33 heavy (non-hydrogen) atoms. The number of nitrogens with two attached hydrogens (primary N) is 1. The number of hydrogen-bond donors (Lipinski definition) is 2. The zero-order valence-corrected chi connectivity index (χ0v) is 17.3. The number of alkyl halides is 3. The van der Waals surface area contributed by atoms with Crippen molar-refractivity contribution < 1.29 is 27.6 Å². The molecule has 0 aliphatic rings. The number of amides is 3. The highest BCUT2D eigenvalue weighted by atomic mass is 19.4. The van der Waals surface area contributed by atoms with Crippen molar-refractivity contribution in [1.29, 1.82) is 0 Å². The Morgan fingerprint density at radius 3 is 2.30 bits per heavy atom. The van der Waals surface area contributed by atoms with Crippen LogP contribution in [0.5, 0.6) is 0 Å². The van der Waals surface area contributed by atoms with Crippen LogP contribution in [-0.4, -0.2) is 24.8 Å². The second-order valence-electron chi connectivity index (χ2n) is 7.09. The lowest BCUT2D eigenvalue weighted by Gasteiger charge is -2.22. The van der Waals surface area contributed by atoms with Crippen LogP contribution >= 0.6 is 0 Å². The van der Waals surface area contributed by atoms with E-state index in [1.54, 1.807) is 42.5 Å². The van der Waals surface area contributed by atoms with Crippen LogP contribution in [0.15, 0.2) is 72.8 Å². The third-order valence-electron chi connectivity index (χ3n) is 4.84. The highest BCUT2D eigenvalue weighted by molar-refractivity contribution is 5.98. The van der Waals surface area contributed by atoms with Crippen molar-refractivity contribution in [3.05, 3.63) is 83.9 Å². The fourth-order valence-corrected chi connectivity index (χ4v) is 3.22. The normalized spacial score (nSPS) is 11.0. The van der Waals surface area contributed by atoms with Crippen LogP contribution in [0, 0.1) is 0 Å². The van der Waals surface area contributed by atoms with Crippen LogP contribution < -0.4 is 16.0 Å². The summed E-state index contributed by atoms with van der Waals surface area (Å²) in [6.45, 7) is 0.0759. The second-order valence-corrected chi connectivity index (χ2v) is 7.09. The van der Waals surface area contributed by atoms with Gasteiger partial charge in [0.2, 0.25) is 12.3 Å². The molecule has 3 N–H and O–H groups in total. The molecule has 0 unspecified atom stereocenters.